The fourth-order valence-corrected chi connectivity index (χ4v) is 1.60. The third-order valence-corrected chi connectivity index (χ3v) is 2.21. The van der Waals surface area contributed by atoms with E-state index in [1.165, 1.54) is 13.2 Å². The van der Waals surface area contributed by atoms with Crippen molar-refractivity contribution in [3.05, 3.63) is 33.2 Å². The minimum Gasteiger partial charge on any atom is -0.465 e. The predicted molar refractivity (Wildman–Crippen MR) is 55.3 cm³/mol. The Morgan fingerprint density at radius 1 is 1.40 bits per heavy atom. The van der Waals surface area contributed by atoms with Crippen molar-refractivity contribution in [3.63, 3.8) is 0 Å². The van der Waals surface area contributed by atoms with E-state index in [0.717, 1.165) is 0 Å². The zero-order valence-electron chi connectivity index (χ0n) is 7.76. The Kier molecular flexibility index (Phi) is 2.24. The van der Waals surface area contributed by atoms with Crippen LogP contribution in [0.1, 0.15) is 10.4 Å². The molecule has 6 heteroatoms. The lowest BCUT2D eigenvalue weighted by Gasteiger charge is -2.00. The van der Waals surface area contributed by atoms with Gasteiger partial charge in [0.2, 0.25) is 0 Å². The van der Waals surface area contributed by atoms with Gasteiger partial charge in [0.15, 0.2) is 0 Å². The smallest absolute Gasteiger partial charge is 0.340 e. The largest absolute Gasteiger partial charge is 0.465 e. The number of hydrogen-bond donors (Lipinski definition) is 2. The van der Waals surface area contributed by atoms with E-state index in [1.807, 2.05) is 0 Å². The fraction of sp³-hybridized carbons (Fsp3) is 0.111. The highest BCUT2D eigenvalue weighted by molar-refractivity contribution is 6.31. The maximum Gasteiger partial charge on any atom is 0.340 e. The Labute approximate surface area is 89.0 Å². The molecule has 0 aliphatic carbocycles. The highest BCUT2D eigenvalue weighted by Crippen LogP contribution is 2.20. The summed E-state index contributed by atoms with van der Waals surface area (Å²) in [6.07, 6.45) is 0. The maximum atomic E-state index is 11.4. The second-order valence-corrected chi connectivity index (χ2v) is 3.38. The number of nitrogens with one attached hydrogen (secondary N) is 2. The molecule has 0 unspecified atom stereocenters. The van der Waals surface area contributed by atoms with Crippen LogP contribution in [0.4, 0.5) is 0 Å². The van der Waals surface area contributed by atoms with Crippen molar-refractivity contribution in [3.8, 4) is 0 Å². The normalized spacial score (nSPS) is 10.5. The second kappa shape index (κ2) is 3.43. The molecule has 0 saturated heterocycles. The molecule has 15 heavy (non-hydrogen) atoms. The van der Waals surface area contributed by atoms with Gasteiger partial charge >= 0.3 is 11.7 Å². The van der Waals surface area contributed by atoms with Gasteiger partial charge in [0.25, 0.3) is 0 Å². The van der Waals surface area contributed by atoms with Gasteiger partial charge in [-0.1, -0.05) is 11.6 Å². The van der Waals surface area contributed by atoms with Crippen LogP contribution in [-0.4, -0.2) is 23.0 Å². The third kappa shape index (κ3) is 1.61. The number of ether oxygens (including phenoxy) is 1. The van der Waals surface area contributed by atoms with Crippen molar-refractivity contribution in [1.82, 2.24) is 9.97 Å². The summed E-state index contributed by atoms with van der Waals surface area (Å²) in [5, 5.41) is 0.359. The summed E-state index contributed by atoms with van der Waals surface area (Å²) in [4.78, 5) is 27.4. The molecule has 0 aliphatic rings. The Balaban J connectivity index is 2.81. The topological polar surface area (TPSA) is 75.0 Å². The van der Waals surface area contributed by atoms with Crippen LogP contribution in [0.5, 0.6) is 0 Å². The van der Waals surface area contributed by atoms with E-state index in [4.69, 9.17) is 11.6 Å². The summed E-state index contributed by atoms with van der Waals surface area (Å²) >= 11 is 5.79. The number of aromatic nitrogens is 2. The SMILES string of the molecule is COC(=O)c1cc(Cl)cc2[nH]c(=O)[nH]c12. The number of methoxy groups -OCH3 is 1. The number of fused-ring (bicyclic) bond motifs is 1. The first kappa shape index (κ1) is 9.79. The van der Waals surface area contributed by atoms with Gasteiger partial charge in [-0.25, -0.2) is 9.59 Å². The number of carbonyl (C=O) groups is 1. The van der Waals surface area contributed by atoms with Gasteiger partial charge in [-0.05, 0) is 12.1 Å². The summed E-state index contributed by atoms with van der Waals surface area (Å²) in [6.45, 7) is 0. The number of rotatable bonds is 1. The zero-order valence-corrected chi connectivity index (χ0v) is 8.51. The fourth-order valence-electron chi connectivity index (χ4n) is 1.38. The van der Waals surface area contributed by atoms with Gasteiger partial charge in [0.1, 0.15) is 0 Å². The molecule has 1 aromatic heterocycles. The van der Waals surface area contributed by atoms with E-state index in [2.05, 4.69) is 14.7 Å². The Hall–Kier alpha value is -1.75. The number of benzene rings is 1. The first-order chi connectivity index (χ1) is 7.11. The number of imidazole rings is 1. The van der Waals surface area contributed by atoms with Crippen molar-refractivity contribution < 1.29 is 9.53 Å². The molecule has 1 heterocycles. The molecule has 0 atom stereocenters. The highest BCUT2D eigenvalue weighted by atomic mass is 35.5. The van der Waals surface area contributed by atoms with E-state index in [-0.39, 0.29) is 5.56 Å². The molecule has 0 saturated carbocycles. The molecule has 0 amide bonds. The monoisotopic (exact) mass is 226 g/mol. The minimum atomic E-state index is -0.544. The standard InChI is InChI=1S/C9H7ClN2O3/c1-15-8(13)5-2-4(10)3-6-7(5)12-9(14)11-6/h2-3H,1H3,(H2,11,12,14). The number of carbonyl (C=O) groups excluding carboxylic acids is 1. The molecule has 2 aromatic rings. The lowest BCUT2D eigenvalue weighted by molar-refractivity contribution is 0.0603. The van der Waals surface area contributed by atoms with Gasteiger partial charge in [0.05, 0.1) is 23.7 Å². The zero-order chi connectivity index (χ0) is 11.0. The quantitative estimate of drug-likeness (QED) is 0.720. The summed E-state index contributed by atoms with van der Waals surface area (Å²) in [5.41, 5.74) is 0.722. The van der Waals surface area contributed by atoms with Crippen LogP contribution in [0.2, 0.25) is 5.02 Å². The lowest BCUT2D eigenvalue weighted by Crippen LogP contribution is -2.03. The van der Waals surface area contributed by atoms with Gasteiger partial charge in [-0.2, -0.15) is 0 Å². The summed E-state index contributed by atoms with van der Waals surface area (Å²) in [6, 6.07) is 3.00. The van der Waals surface area contributed by atoms with Crippen LogP contribution in [0.15, 0.2) is 16.9 Å². The van der Waals surface area contributed by atoms with E-state index in [0.29, 0.717) is 16.1 Å². The molecular weight excluding hydrogens is 220 g/mol. The van der Waals surface area contributed by atoms with Gasteiger partial charge in [-0.3, -0.25) is 0 Å². The Bertz CT molecular complexity index is 585. The molecule has 78 valence electrons. The van der Waals surface area contributed by atoms with E-state index in [9.17, 15) is 9.59 Å². The van der Waals surface area contributed by atoms with Crippen molar-refractivity contribution in [2.45, 2.75) is 0 Å². The number of halogens is 1. The van der Waals surface area contributed by atoms with Crippen LogP contribution in [-0.2, 0) is 4.74 Å². The summed E-state index contributed by atoms with van der Waals surface area (Å²) in [5.74, 6) is -0.544. The number of hydrogen-bond acceptors (Lipinski definition) is 3. The average Bonchev–Trinajstić information content (AvgIpc) is 2.55. The molecule has 0 spiro atoms. The molecule has 0 radical (unpaired) electrons. The van der Waals surface area contributed by atoms with Crippen LogP contribution in [0.3, 0.4) is 0 Å². The first-order valence-corrected chi connectivity index (χ1v) is 4.49. The van der Waals surface area contributed by atoms with Crippen LogP contribution in [0.25, 0.3) is 11.0 Å². The molecule has 2 N–H and O–H groups in total. The van der Waals surface area contributed by atoms with Crippen LogP contribution >= 0.6 is 11.6 Å². The third-order valence-electron chi connectivity index (χ3n) is 2.00. The van der Waals surface area contributed by atoms with Crippen molar-refractivity contribution in [2.75, 3.05) is 7.11 Å². The van der Waals surface area contributed by atoms with Crippen LogP contribution < -0.4 is 5.69 Å². The lowest BCUT2D eigenvalue weighted by atomic mass is 10.2. The highest BCUT2D eigenvalue weighted by Gasteiger charge is 2.13. The maximum absolute atomic E-state index is 11.4. The second-order valence-electron chi connectivity index (χ2n) is 2.95. The molecular formula is C9H7ClN2O3. The van der Waals surface area contributed by atoms with Crippen molar-refractivity contribution in [1.29, 1.82) is 0 Å². The number of aromatic amines is 2. The van der Waals surface area contributed by atoms with Gasteiger partial charge in [0, 0.05) is 5.02 Å². The predicted octanol–water partition coefficient (Wildman–Crippen LogP) is 1.30. The molecule has 0 fully saturated rings. The Morgan fingerprint density at radius 2 is 2.13 bits per heavy atom. The average molecular weight is 227 g/mol. The number of esters is 1. The van der Waals surface area contributed by atoms with Crippen molar-refractivity contribution in [2.24, 2.45) is 0 Å². The molecule has 5 nitrogen and oxygen atoms in total. The summed E-state index contributed by atoms with van der Waals surface area (Å²) < 4.78 is 4.58. The van der Waals surface area contributed by atoms with Gasteiger partial charge < -0.3 is 14.7 Å². The van der Waals surface area contributed by atoms with Crippen molar-refractivity contribution >= 4 is 28.6 Å². The molecule has 0 aliphatic heterocycles. The minimum absolute atomic E-state index is 0.235. The van der Waals surface area contributed by atoms with Gasteiger partial charge in [-0.15, -0.1) is 0 Å². The molecule has 2 rings (SSSR count). The van der Waals surface area contributed by atoms with E-state index < -0.39 is 11.7 Å². The Morgan fingerprint density at radius 3 is 2.80 bits per heavy atom. The van der Waals surface area contributed by atoms with E-state index in [1.54, 1.807) is 6.07 Å². The molecule has 1 aromatic carbocycles. The van der Waals surface area contributed by atoms with E-state index >= 15 is 0 Å². The number of H-pyrrole nitrogens is 2. The van der Waals surface area contributed by atoms with Crippen LogP contribution in [0, 0.1) is 0 Å². The molecule has 0 bridgehead atoms. The first-order valence-electron chi connectivity index (χ1n) is 4.11. The summed E-state index contributed by atoms with van der Waals surface area (Å²) in [7, 11) is 1.26.